The Balaban J connectivity index is 2.01. The van der Waals surface area contributed by atoms with E-state index in [1.807, 2.05) is 0 Å². The van der Waals surface area contributed by atoms with Crippen LogP contribution in [0.2, 0.25) is 0 Å². The van der Waals surface area contributed by atoms with Crippen molar-refractivity contribution in [1.29, 1.82) is 0 Å². The van der Waals surface area contributed by atoms with Crippen LogP contribution in [0.5, 0.6) is 0 Å². The SMILES string of the molecule is CCC1CCC(CNc2ccc(F)c(N)c2C(=O)O)CC1. The molecule has 0 atom stereocenters. The van der Waals surface area contributed by atoms with Crippen LogP contribution in [-0.2, 0) is 0 Å². The minimum Gasteiger partial charge on any atom is -0.478 e. The molecule has 4 N–H and O–H groups in total. The van der Waals surface area contributed by atoms with Crippen LogP contribution in [0, 0.1) is 17.7 Å². The molecule has 0 aliphatic heterocycles. The van der Waals surface area contributed by atoms with Gasteiger partial charge in [0, 0.05) is 6.54 Å². The molecule has 1 aromatic carbocycles. The molecule has 21 heavy (non-hydrogen) atoms. The summed E-state index contributed by atoms with van der Waals surface area (Å²) in [6.07, 6.45) is 6.02. The number of carboxylic acid groups (broad SMARTS) is 1. The summed E-state index contributed by atoms with van der Waals surface area (Å²) < 4.78 is 13.4. The van der Waals surface area contributed by atoms with E-state index in [1.165, 1.54) is 31.4 Å². The Morgan fingerprint density at radius 3 is 2.52 bits per heavy atom. The van der Waals surface area contributed by atoms with Crippen LogP contribution in [0.15, 0.2) is 12.1 Å². The average Bonchev–Trinajstić information content (AvgIpc) is 2.48. The predicted molar refractivity (Wildman–Crippen MR) is 82.0 cm³/mol. The fourth-order valence-corrected chi connectivity index (χ4v) is 3.07. The molecule has 0 radical (unpaired) electrons. The first-order chi connectivity index (χ1) is 10.0. The maximum Gasteiger partial charge on any atom is 0.340 e. The molecule has 0 bridgehead atoms. The Labute approximate surface area is 124 Å². The van der Waals surface area contributed by atoms with Gasteiger partial charge in [-0.15, -0.1) is 0 Å². The van der Waals surface area contributed by atoms with Crippen molar-refractivity contribution < 1.29 is 14.3 Å². The molecule has 0 heterocycles. The molecule has 1 aliphatic rings. The van der Waals surface area contributed by atoms with Gasteiger partial charge < -0.3 is 16.2 Å². The van der Waals surface area contributed by atoms with Gasteiger partial charge in [0.2, 0.25) is 0 Å². The number of carbonyl (C=O) groups is 1. The van der Waals surface area contributed by atoms with Crippen molar-refractivity contribution in [2.24, 2.45) is 11.8 Å². The van der Waals surface area contributed by atoms with Gasteiger partial charge in [0.25, 0.3) is 0 Å². The van der Waals surface area contributed by atoms with Gasteiger partial charge in [-0.1, -0.05) is 26.2 Å². The van der Waals surface area contributed by atoms with E-state index in [-0.39, 0.29) is 11.3 Å². The predicted octanol–water partition coefficient (Wildman–Crippen LogP) is 3.73. The standard InChI is InChI=1S/C16H23FN2O2/c1-2-10-3-5-11(6-4-10)9-19-13-8-7-12(17)15(18)14(13)16(20)21/h7-8,10-11,19H,2-6,9,18H2,1H3,(H,20,21). The third-order valence-corrected chi connectivity index (χ3v) is 4.53. The van der Waals surface area contributed by atoms with Crippen LogP contribution in [0.4, 0.5) is 15.8 Å². The minimum absolute atomic E-state index is 0.169. The highest BCUT2D eigenvalue weighted by molar-refractivity contribution is 6.00. The normalized spacial score (nSPS) is 22.0. The van der Waals surface area contributed by atoms with Gasteiger partial charge in [-0.3, -0.25) is 0 Å². The van der Waals surface area contributed by atoms with Crippen molar-refractivity contribution in [3.63, 3.8) is 0 Å². The van der Waals surface area contributed by atoms with Gasteiger partial charge in [0.05, 0.1) is 11.4 Å². The van der Waals surface area contributed by atoms with Crippen molar-refractivity contribution in [2.45, 2.75) is 39.0 Å². The highest BCUT2D eigenvalue weighted by Crippen LogP contribution is 2.31. The zero-order chi connectivity index (χ0) is 15.4. The minimum atomic E-state index is -1.20. The van der Waals surface area contributed by atoms with Crippen LogP contribution in [0.1, 0.15) is 49.4 Å². The first-order valence-corrected chi connectivity index (χ1v) is 7.58. The molecule has 0 unspecified atom stereocenters. The monoisotopic (exact) mass is 294 g/mol. The molecule has 5 heteroatoms. The van der Waals surface area contributed by atoms with E-state index in [0.717, 1.165) is 18.8 Å². The molecule has 0 saturated heterocycles. The number of anilines is 2. The highest BCUT2D eigenvalue weighted by Gasteiger charge is 2.21. The van der Waals surface area contributed by atoms with Crippen molar-refractivity contribution in [2.75, 3.05) is 17.6 Å². The summed E-state index contributed by atoms with van der Waals surface area (Å²) in [5.41, 5.74) is 5.46. The van der Waals surface area contributed by atoms with E-state index in [0.29, 0.717) is 18.2 Å². The molecule has 0 amide bonds. The number of nitrogens with one attached hydrogen (secondary N) is 1. The van der Waals surface area contributed by atoms with Gasteiger partial charge in [-0.2, -0.15) is 0 Å². The van der Waals surface area contributed by atoms with E-state index in [9.17, 15) is 14.3 Å². The summed E-state index contributed by atoms with van der Waals surface area (Å²) in [7, 11) is 0. The number of hydrogen-bond acceptors (Lipinski definition) is 3. The van der Waals surface area contributed by atoms with Crippen molar-refractivity contribution in [3.05, 3.63) is 23.5 Å². The first kappa shape index (κ1) is 15.6. The Bertz CT molecular complexity index is 511. The molecule has 0 aromatic heterocycles. The van der Waals surface area contributed by atoms with E-state index in [1.54, 1.807) is 0 Å². The topological polar surface area (TPSA) is 75.3 Å². The van der Waals surface area contributed by atoms with E-state index in [2.05, 4.69) is 12.2 Å². The largest absolute Gasteiger partial charge is 0.478 e. The van der Waals surface area contributed by atoms with Crippen LogP contribution in [0.25, 0.3) is 0 Å². The first-order valence-electron chi connectivity index (χ1n) is 7.58. The Morgan fingerprint density at radius 1 is 1.33 bits per heavy atom. The summed E-state index contributed by atoms with van der Waals surface area (Å²) in [4.78, 5) is 11.2. The zero-order valence-corrected chi connectivity index (χ0v) is 12.4. The van der Waals surface area contributed by atoms with Crippen LogP contribution >= 0.6 is 0 Å². The maximum atomic E-state index is 13.4. The molecule has 0 spiro atoms. The summed E-state index contributed by atoms with van der Waals surface area (Å²) in [5, 5.41) is 12.3. The van der Waals surface area contributed by atoms with Crippen LogP contribution in [-0.4, -0.2) is 17.6 Å². The second kappa shape index (κ2) is 6.78. The number of halogens is 1. The third-order valence-electron chi connectivity index (χ3n) is 4.53. The summed E-state index contributed by atoms with van der Waals surface area (Å²) in [5.74, 6) is -0.524. The number of rotatable bonds is 5. The molecule has 116 valence electrons. The zero-order valence-electron chi connectivity index (χ0n) is 12.4. The van der Waals surface area contributed by atoms with Gasteiger partial charge in [-0.05, 0) is 36.8 Å². The number of nitrogens with two attached hydrogens (primary N) is 1. The molecule has 1 aliphatic carbocycles. The Morgan fingerprint density at radius 2 is 1.95 bits per heavy atom. The van der Waals surface area contributed by atoms with Crippen molar-refractivity contribution in [1.82, 2.24) is 0 Å². The molecular weight excluding hydrogens is 271 g/mol. The summed E-state index contributed by atoms with van der Waals surface area (Å²) in [6, 6.07) is 2.66. The molecule has 1 fully saturated rings. The lowest BCUT2D eigenvalue weighted by molar-refractivity contribution is 0.0698. The molecule has 1 aromatic rings. The van der Waals surface area contributed by atoms with Crippen LogP contribution in [0.3, 0.4) is 0 Å². The molecule has 2 rings (SSSR count). The molecule has 4 nitrogen and oxygen atoms in total. The molecule has 1 saturated carbocycles. The lowest BCUT2D eigenvalue weighted by Gasteiger charge is -2.28. The second-order valence-electron chi connectivity index (χ2n) is 5.86. The number of benzene rings is 1. The fraction of sp³-hybridized carbons (Fsp3) is 0.562. The Kier molecular flexibility index (Phi) is 5.04. The highest BCUT2D eigenvalue weighted by atomic mass is 19.1. The van der Waals surface area contributed by atoms with Crippen LogP contribution < -0.4 is 11.1 Å². The lowest BCUT2D eigenvalue weighted by Crippen LogP contribution is -2.22. The van der Waals surface area contributed by atoms with Crippen molar-refractivity contribution >= 4 is 17.3 Å². The molecular formula is C16H23FN2O2. The quantitative estimate of drug-likeness (QED) is 0.723. The van der Waals surface area contributed by atoms with E-state index < -0.39 is 11.8 Å². The van der Waals surface area contributed by atoms with Crippen molar-refractivity contribution in [3.8, 4) is 0 Å². The number of hydrogen-bond donors (Lipinski definition) is 3. The Hall–Kier alpha value is -1.78. The number of aromatic carboxylic acids is 1. The van der Waals surface area contributed by atoms with Gasteiger partial charge >= 0.3 is 5.97 Å². The average molecular weight is 294 g/mol. The van der Waals surface area contributed by atoms with E-state index >= 15 is 0 Å². The summed E-state index contributed by atoms with van der Waals surface area (Å²) >= 11 is 0. The number of carboxylic acids is 1. The lowest BCUT2D eigenvalue weighted by atomic mass is 9.81. The van der Waals surface area contributed by atoms with E-state index in [4.69, 9.17) is 5.73 Å². The second-order valence-corrected chi connectivity index (χ2v) is 5.86. The third kappa shape index (κ3) is 3.65. The van der Waals surface area contributed by atoms with Gasteiger partial charge in [0.15, 0.2) is 0 Å². The number of nitrogen functional groups attached to an aromatic ring is 1. The fourth-order valence-electron chi connectivity index (χ4n) is 3.07. The van der Waals surface area contributed by atoms with Gasteiger partial charge in [-0.25, -0.2) is 9.18 Å². The smallest absolute Gasteiger partial charge is 0.340 e. The van der Waals surface area contributed by atoms with Gasteiger partial charge in [0.1, 0.15) is 11.4 Å². The summed E-state index contributed by atoms with van der Waals surface area (Å²) in [6.45, 7) is 2.94. The maximum absolute atomic E-state index is 13.4.